The Morgan fingerprint density at radius 3 is 2.12 bits per heavy atom. The molecular formula is C14H15NOS. The molecule has 0 aliphatic carbocycles. The Balaban J connectivity index is 2.08. The number of benzene rings is 2. The summed E-state index contributed by atoms with van der Waals surface area (Å²) in [4.78, 5) is 0. The van der Waals surface area contributed by atoms with Gasteiger partial charge in [0.2, 0.25) is 0 Å². The largest absolute Gasteiger partial charge is 0.457 e. The zero-order valence-electron chi connectivity index (χ0n) is 9.41. The van der Waals surface area contributed by atoms with Crippen molar-refractivity contribution in [3.8, 4) is 11.5 Å². The third kappa shape index (κ3) is 3.25. The van der Waals surface area contributed by atoms with Crippen molar-refractivity contribution in [1.29, 1.82) is 0 Å². The van der Waals surface area contributed by atoms with E-state index in [9.17, 15) is 0 Å². The van der Waals surface area contributed by atoms with E-state index < -0.39 is 0 Å². The lowest BCUT2D eigenvalue weighted by Gasteiger charge is -2.10. The van der Waals surface area contributed by atoms with Gasteiger partial charge in [-0.25, -0.2) is 0 Å². The van der Waals surface area contributed by atoms with Crippen LogP contribution >= 0.6 is 12.6 Å². The molecule has 1 atom stereocenters. The number of nitrogens with two attached hydrogens (primary N) is 1. The van der Waals surface area contributed by atoms with Crippen LogP contribution in [0.3, 0.4) is 0 Å². The van der Waals surface area contributed by atoms with Gasteiger partial charge in [0.1, 0.15) is 11.5 Å². The van der Waals surface area contributed by atoms with Gasteiger partial charge in [0.15, 0.2) is 0 Å². The van der Waals surface area contributed by atoms with Gasteiger partial charge in [-0.15, -0.1) is 0 Å². The lowest BCUT2D eigenvalue weighted by Crippen LogP contribution is -2.11. The Kier molecular flexibility index (Phi) is 4.07. The van der Waals surface area contributed by atoms with Gasteiger partial charge in [0.25, 0.3) is 0 Å². The number of hydrogen-bond acceptors (Lipinski definition) is 3. The summed E-state index contributed by atoms with van der Waals surface area (Å²) in [5.74, 6) is 2.28. The van der Waals surface area contributed by atoms with Gasteiger partial charge in [-0.1, -0.05) is 30.3 Å². The van der Waals surface area contributed by atoms with Crippen molar-refractivity contribution in [2.45, 2.75) is 6.04 Å². The summed E-state index contributed by atoms with van der Waals surface area (Å²) in [5, 5.41) is 0. The summed E-state index contributed by atoms with van der Waals surface area (Å²) in [6, 6.07) is 17.5. The van der Waals surface area contributed by atoms with E-state index in [0.29, 0.717) is 5.75 Å². The smallest absolute Gasteiger partial charge is 0.127 e. The maximum absolute atomic E-state index is 5.88. The van der Waals surface area contributed by atoms with Gasteiger partial charge in [0, 0.05) is 11.8 Å². The first kappa shape index (κ1) is 12.0. The minimum atomic E-state index is -0.0240. The van der Waals surface area contributed by atoms with Crippen molar-refractivity contribution in [1.82, 2.24) is 0 Å². The Morgan fingerprint density at radius 1 is 0.941 bits per heavy atom. The second-order valence-electron chi connectivity index (χ2n) is 3.77. The molecule has 2 aromatic carbocycles. The van der Waals surface area contributed by atoms with Crippen molar-refractivity contribution in [3.63, 3.8) is 0 Å². The standard InChI is InChI=1S/C14H15NOS/c15-14(10-17)11-6-8-13(9-7-11)16-12-4-2-1-3-5-12/h1-9,14,17H,10,15H2. The monoisotopic (exact) mass is 245 g/mol. The maximum atomic E-state index is 5.88. The van der Waals surface area contributed by atoms with Crippen molar-refractivity contribution >= 4 is 12.6 Å². The summed E-state index contributed by atoms with van der Waals surface area (Å²) in [6.45, 7) is 0. The Bertz CT molecular complexity index is 455. The third-order valence-electron chi connectivity index (χ3n) is 2.48. The zero-order valence-corrected chi connectivity index (χ0v) is 10.3. The molecule has 2 nitrogen and oxygen atoms in total. The number of hydrogen-bond donors (Lipinski definition) is 2. The first-order valence-electron chi connectivity index (χ1n) is 5.49. The number of ether oxygens (including phenoxy) is 1. The van der Waals surface area contributed by atoms with E-state index in [-0.39, 0.29) is 6.04 Å². The SMILES string of the molecule is NC(CS)c1ccc(Oc2ccccc2)cc1. The van der Waals surface area contributed by atoms with Crippen LogP contribution in [0.4, 0.5) is 0 Å². The molecule has 0 radical (unpaired) electrons. The molecule has 2 N–H and O–H groups in total. The summed E-state index contributed by atoms with van der Waals surface area (Å²) in [5.41, 5.74) is 6.95. The first-order chi connectivity index (χ1) is 8.29. The molecule has 1 unspecified atom stereocenters. The molecule has 17 heavy (non-hydrogen) atoms. The maximum Gasteiger partial charge on any atom is 0.127 e. The van der Waals surface area contributed by atoms with E-state index in [2.05, 4.69) is 12.6 Å². The van der Waals surface area contributed by atoms with E-state index in [0.717, 1.165) is 17.1 Å². The Morgan fingerprint density at radius 2 is 1.53 bits per heavy atom. The number of para-hydroxylation sites is 1. The van der Waals surface area contributed by atoms with Gasteiger partial charge in [-0.2, -0.15) is 12.6 Å². The molecule has 0 fully saturated rings. The lowest BCUT2D eigenvalue weighted by atomic mass is 10.1. The normalized spacial score (nSPS) is 12.1. The van der Waals surface area contributed by atoms with Crippen LogP contribution in [-0.4, -0.2) is 5.75 Å². The second kappa shape index (κ2) is 5.75. The van der Waals surface area contributed by atoms with E-state index in [4.69, 9.17) is 10.5 Å². The number of rotatable bonds is 4. The number of thiol groups is 1. The fraction of sp³-hybridized carbons (Fsp3) is 0.143. The average Bonchev–Trinajstić information content (AvgIpc) is 2.40. The summed E-state index contributed by atoms with van der Waals surface area (Å²) in [7, 11) is 0. The molecule has 0 saturated carbocycles. The van der Waals surface area contributed by atoms with Crippen molar-refractivity contribution in [2.75, 3.05) is 5.75 Å². The highest BCUT2D eigenvalue weighted by molar-refractivity contribution is 7.80. The molecule has 0 saturated heterocycles. The highest BCUT2D eigenvalue weighted by Gasteiger charge is 2.03. The van der Waals surface area contributed by atoms with Gasteiger partial charge in [-0.05, 0) is 29.8 Å². The molecule has 2 rings (SSSR count). The third-order valence-corrected chi connectivity index (χ3v) is 2.88. The molecule has 2 aromatic rings. The van der Waals surface area contributed by atoms with Crippen molar-refractivity contribution in [3.05, 3.63) is 60.2 Å². The average molecular weight is 245 g/mol. The molecular weight excluding hydrogens is 230 g/mol. The molecule has 0 heterocycles. The predicted octanol–water partition coefficient (Wildman–Crippen LogP) is 3.41. The van der Waals surface area contributed by atoms with E-state index in [1.54, 1.807) is 0 Å². The lowest BCUT2D eigenvalue weighted by molar-refractivity contribution is 0.482. The van der Waals surface area contributed by atoms with Gasteiger partial charge in [-0.3, -0.25) is 0 Å². The van der Waals surface area contributed by atoms with Gasteiger partial charge >= 0.3 is 0 Å². The highest BCUT2D eigenvalue weighted by atomic mass is 32.1. The quantitative estimate of drug-likeness (QED) is 0.810. The minimum Gasteiger partial charge on any atom is -0.457 e. The van der Waals surface area contributed by atoms with E-state index in [1.807, 2.05) is 54.6 Å². The summed E-state index contributed by atoms with van der Waals surface area (Å²) < 4.78 is 5.69. The van der Waals surface area contributed by atoms with Crippen LogP contribution in [0.25, 0.3) is 0 Å². The molecule has 0 amide bonds. The predicted molar refractivity (Wildman–Crippen MR) is 73.7 cm³/mol. The zero-order chi connectivity index (χ0) is 12.1. The van der Waals surface area contributed by atoms with Crippen LogP contribution in [0.1, 0.15) is 11.6 Å². The molecule has 0 bridgehead atoms. The Hall–Kier alpha value is -1.45. The van der Waals surface area contributed by atoms with Crippen LogP contribution in [0.15, 0.2) is 54.6 Å². The van der Waals surface area contributed by atoms with E-state index in [1.165, 1.54) is 0 Å². The Labute approximate surface area is 107 Å². The molecule has 0 aliphatic rings. The molecule has 3 heteroatoms. The van der Waals surface area contributed by atoms with Crippen LogP contribution in [-0.2, 0) is 0 Å². The van der Waals surface area contributed by atoms with Crippen molar-refractivity contribution in [2.24, 2.45) is 5.73 Å². The molecule has 88 valence electrons. The second-order valence-corrected chi connectivity index (χ2v) is 4.14. The van der Waals surface area contributed by atoms with Crippen LogP contribution in [0.5, 0.6) is 11.5 Å². The van der Waals surface area contributed by atoms with Gasteiger partial charge in [0.05, 0.1) is 0 Å². The van der Waals surface area contributed by atoms with Crippen molar-refractivity contribution < 1.29 is 4.74 Å². The fourth-order valence-corrected chi connectivity index (χ4v) is 1.72. The summed E-state index contributed by atoms with van der Waals surface area (Å²) >= 11 is 4.18. The van der Waals surface area contributed by atoms with Crippen LogP contribution in [0.2, 0.25) is 0 Å². The molecule has 0 aromatic heterocycles. The van der Waals surface area contributed by atoms with E-state index >= 15 is 0 Å². The topological polar surface area (TPSA) is 35.2 Å². The molecule has 0 spiro atoms. The van der Waals surface area contributed by atoms with Gasteiger partial charge < -0.3 is 10.5 Å². The van der Waals surface area contributed by atoms with Crippen LogP contribution < -0.4 is 10.5 Å². The van der Waals surface area contributed by atoms with Crippen LogP contribution in [0, 0.1) is 0 Å². The summed E-state index contributed by atoms with van der Waals surface area (Å²) in [6.07, 6.45) is 0. The molecule has 0 aliphatic heterocycles. The fourth-order valence-electron chi connectivity index (χ4n) is 1.51. The highest BCUT2D eigenvalue weighted by Crippen LogP contribution is 2.22. The minimum absolute atomic E-state index is 0.0240. The first-order valence-corrected chi connectivity index (χ1v) is 6.12.